The van der Waals surface area contributed by atoms with Gasteiger partial charge in [-0.2, -0.15) is 0 Å². The average molecular weight is 474 g/mol. The summed E-state index contributed by atoms with van der Waals surface area (Å²) in [5, 5.41) is 10.1. The summed E-state index contributed by atoms with van der Waals surface area (Å²) in [7, 11) is 0. The van der Waals surface area contributed by atoms with Crippen LogP contribution in [0.2, 0.25) is 0 Å². The number of nitrogens with one attached hydrogen (secondary N) is 1. The fourth-order valence-electron chi connectivity index (χ4n) is 6.68. The molecular weight excluding hydrogens is 438 g/mol. The monoisotopic (exact) mass is 473 g/mol. The molecule has 3 aliphatic heterocycles. The number of carbonyl (C=O) groups is 1. The van der Waals surface area contributed by atoms with Crippen LogP contribution in [-0.4, -0.2) is 50.7 Å². The molecule has 4 unspecified atom stereocenters. The normalized spacial score (nSPS) is 28.3. The Labute approximate surface area is 206 Å². The van der Waals surface area contributed by atoms with Gasteiger partial charge >= 0.3 is 0 Å². The van der Waals surface area contributed by atoms with Crippen molar-refractivity contribution >= 4 is 16.9 Å². The van der Waals surface area contributed by atoms with E-state index in [2.05, 4.69) is 58.2 Å². The summed E-state index contributed by atoms with van der Waals surface area (Å²) >= 11 is 0. The van der Waals surface area contributed by atoms with E-state index >= 15 is 0 Å². The van der Waals surface area contributed by atoms with Gasteiger partial charge in [0.2, 0.25) is 5.91 Å². The van der Waals surface area contributed by atoms with Crippen LogP contribution >= 0.6 is 0 Å². The third-order valence-corrected chi connectivity index (χ3v) is 8.52. The molecule has 2 saturated heterocycles. The first-order chi connectivity index (χ1) is 16.9. The standard InChI is InChI=1S/C29H35N3O3/c1-17-11-22-12-20(21-3-7-26-27(13-21)31-18(2)30-26)4-8-28(22)35-10-9-19(17)14-29(34)32-23-5-6-24(32)16-25(33)15-23/h3-4,7-8,12-13,17,19,23-25,33H,5-6,9-11,14-16H2,1-2H3,(H,30,31). The van der Waals surface area contributed by atoms with Crippen molar-refractivity contribution in [1.82, 2.24) is 14.9 Å². The Kier molecular flexibility index (Phi) is 5.79. The lowest BCUT2D eigenvalue weighted by Crippen LogP contribution is -2.48. The van der Waals surface area contributed by atoms with Crippen LogP contribution in [0.25, 0.3) is 22.2 Å². The van der Waals surface area contributed by atoms with Crippen molar-refractivity contribution in [3.8, 4) is 16.9 Å². The van der Waals surface area contributed by atoms with Crippen molar-refractivity contribution in [2.75, 3.05) is 6.61 Å². The number of H-pyrrole nitrogens is 1. The molecule has 1 aromatic heterocycles. The lowest BCUT2D eigenvalue weighted by Gasteiger charge is -2.38. The number of hydrogen-bond donors (Lipinski definition) is 2. The minimum absolute atomic E-state index is 0.232. The summed E-state index contributed by atoms with van der Waals surface area (Å²) < 4.78 is 6.19. The molecule has 2 fully saturated rings. The van der Waals surface area contributed by atoms with E-state index in [9.17, 15) is 9.90 Å². The van der Waals surface area contributed by atoms with Crippen LogP contribution in [0.4, 0.5) is 0 Å². The number of benzene rings is 2. The van der Waals surface area contributed by atoms with Gasteiger partial charge in [-0.15, -0.1) is 0 Å². The fraction of sp³-hybridized carbons (Fsp3) is 0.517. The van der Waals surface area contributed by atoms with Gasteiger partial charge in [-0.1, -0.05) is 19.1 Å². The highest BCUT2D eigenvalue weighted by Crippen LogP contribution is 2.39. The zero-order valence-corrected chi connectivity index (χ0v) is 20.7. The van der Waals surface area contributed by atoms with Gasteiger partial charge < -0.3 is 19.7 Å². The van der Waals surface area contributed by atoms with Gasteiger partial charge in [0.05, 0.1) is 23.7 Å². The predicted molar refractivity (Wildman–Crippen MR) is 136 cm³/mol. The van der Waals surface area contributed by atoms with E-state index in [1.54, 1.807) is 0 Å². The number of ether oxygens (including phenoxy) is 1. The Morgan fingerprint density at radius 1 is 1.11 bits per heavy atom. The number of fused-ring (bicyclic) bond motifs is 4. The number of aryl methyl sites for hydroxylation is 1. The van der Waals surface area contributed by atoms with Gasteiger partial charge in [0, 0.05) is 18.5 Å². The van der Waals surface area contributed by atoms with E-state index in [-0.39, 0.29) is 24.1 Å². The smallest absolute Gasteiger partial charge is 0.223 e. The molecule has 6 nitrogen and oxygen atoms in total. The zero-order valence-electron chi connectivity index (χ0n) is 20.7. The Morgan fingerprint density at radius 2 is 1.86 bits per heavy atom. The van der Waals surface area contributed by atoms with Gasteiger partial charge in [-0.25, -0.2) is 4.98 Å². The first kappa shape index (κ1) is 22.6. The minimum atomic E-state index is -0.242. The summed E-state index contributed by atoms with van der Waals surface area (Å²) in [6.07, 6.45) is 5.70. The van der Waals surface area contributed by atoms with Crippen LogP contribution in [0.5, 0.6) is 5.75 Å². The van der Waals surface area contributed by atoms with E-state index in [0.717, 1.165) is 66.7 Å². The molecule has 4 heterocycles. The molecule has 0 radical (unpaired) electrons. The number of aliphatic hydroxyl groups is 1. The molecule has 0 aliphatic carbocycles. The first-order valence-electron chi connectivity index (χ1n) is 13.2. The molecule has 2 bridgehead atoms. The molecule has 6 rings (SSSR count). The SMILES string of the molecule is Cc1nc2ccc(-c3ccc4c(c3)CC(C)C(CC(=O)N3C5CCC3CC(O)C5)CCO4)cc2[nH]1. The van der Waals surface area contributed by atoms with Gasteiger partial charge in [0.1, 0.15) is 11.6 Å². The Balaban J connectivity index is 1.19. The van der Waals surface area contributed by atoms with Crippen molar-refractivity contribution in [2.24, 2.45) is 11.8 Å². The number of carbonyl (C=O) groups excluding carboxylic acids is 1. The second-order valence-electron chi connectivity index (χ2n) is 11.0. The Bertz CT molecular complexity index is 1240. The summed E-state index contributed by atoms with van der Waals surface area (Å²) in [5.74, 6) is 2.86. The Hall–Kier alpha value is -2.86. The second kappa shape index (κ2) is 8.98. The van der Waals surface area contributed by atoms with E-state index in [1.165, 1.54) is 11.1 Å². The number of aromatic amines is 1. The number of amides is 1. The number of hydrogen-bond acceptors (Lipinski definition) is 4. The molecule has 35 heavy (non-hydrogen) atoms. The predicted octanol–water partition coefficient (Wildman–Crippen LogP) is 5.02. The minimum Gasteiger partial charge on any atom is -0.493 e. The highest BCUT2D eigenvalue weighted by Gasteiger charge is 2.43. The van der Waals surface area contributed by atoms with Crippen LogP contribution in [-0.2, 0) is 11.2 Å². The maximum absolute atomic E-state index is 13.4. The topological polar surface area (TPSA) is 78.5 Å². The highest BCUT2D eigenvalue weighted by molar-refractivity contribution is 5.82. The summed E-state index contributed by atoms with van der Waals surface area (Å²) in [6, 6.07) is 13.3. The molecule has 6 heteroatoms. The molecule has 3 aromatic rings. The molecule has 3 aliphatic rings. The van der Waals surface area contributed by atoms with Crippen molar-refractivity contribution in [2.45, 2.75) is 77.0 Å². The summed E-state index contributed by atoms with van der Waals surface area (Å²) in [4.78, 5) is 23.3. The molecule has 1 amide bonds. The number of nitrogens with zero attached hydrogens (tertiary/aromatic N) is 2. The average Bonchev–Trinajstić information content (AvgIpc) is 3.33. The molecule has 4 atom stereocenters. The van der Waals surface area contributed by atoms with E-state index in [4.69, 9.17) is 4.74 Å². The van der Waals surface area contributed by atoms with Gasteiger partial charge in [-0.05, 0) is 98.2 Å². The number of piperidine rings is 1. The number of aromatic nitrogens is 2. The van der Waals surface area contributed by atoms with Crippen LogP contribution in [0.1, 0.15) is 56.8 Å². The van der Waals surface area contributed by atoms with Crippen LogP contribution in [0, 0.1) is 18.8 Å². The maximum atomic E-state index is 13.4. The van der Waals surface area contributed by atoms with Gasteiger partial charge in [-0.3, -0.25) is 4.79 Å². The second-order valence-corrected chi connectivity index (χ2v) is 11.0. The molecular formula is C29H35N3O3. The number of rotatable bonds is 3. The molecule has 2 N–H and O–H groups in total. The van der Waals surface area contributed by atoms with E-state index in [0.29, 0.717) is 24.9 Å². The van der Waals surface area contributed by atoms with Gasteiger partial charge in [0.25, 0.3) is 0 Å². The zero-order chi connectivity index (χ0) is 24.1. The van der Waals surface area contributed by atoms with E-state index in [1.807, 2.05) is 6.92 Å². The molecule has 0 saturated carbocycles. The van der Waals surface area contributed by atoms with Crippen molar-refractivity contribution in [3.05, 3.63) is 47.8 Å². The maximum Gasteiger partial charge on any atom is 0.223 e. The lowest BCUT2D eigenvalue weighted by atomic mass is 9.82. The quantitative estimate of drug-likeness (QED) is 0.560. The first-order valence-corrected chi connectivity index (χ1v) is 13.2. The Morgan fingerprint density at radius 3 is 2.66 bits per heavy atom. The van der Waals surface area contributed by atoms with Crippen LogP contribution in [0.3, 0.4) is 0 Å². The molecule has 184 valence electrons. The van der Waals surface area contributed by atoms with E-state index < -0.39 is 0 Å². The summed E-state index contributed by atoms with van der Waals surface area (Å²) in [5.41, 5.74) is 5.58. The number of aliphatic hydroxyl groups excluding tert-OH is 1. The van der Waals surface area contributed by atoms with Crippen molar-refractivity contribution in [1.29, 1.82) is 0 Å². The van der Waals surface area contributed by atoms with Crippen LogP contribution in [0.15, 0.2) is 36.4 Å². The third kappa shape index (κ3) is 4.33. The lowest BCUT2D eigenvalue weighted by molar-refractivity contribution is -0.139. The number of imidazole rings is 1. The largest absolute Gasteiger partial charge is 0.493 e. The molecule has 0 spiro atoms. The highest BCUT2D eigenvalue weighted by atomic mass is 16.5. The van der Waals surface area contributed by atoms with Gasteiger partial charge in [0.15, 0.2) is 0 Å². The van der Waals surface area contributed by atoms with Crippen LogP contribution < -0.4 is 4.74 Å². The fourth-order valence-corrected chi connectivity index (χ4v) is 6.68. The molecule has 2 aromatic carbocycles. The van der Waals surface area contributed by atoms with Crippen molar-refractivity contribution < 1.29 is 14.6 Å². The summed E-state index contributed by atoms with van der Waals surface area (Å²) in [6.45, 7) is 4.90. The van der Waals surface area contributed by atoms with Crippen molar-refractivity contribution in [3.63, 3.8) is 0 Å². The third-order valence-electron chi connectivity index (χ3n) is 8.52.